The van der Waals surface area contributed by atoms with Gasteiger partial charge >= 0.3 is 41.5 Å². The zero-order chi connectivity index (χ0) is 12.2. The predicted molar refractivity (Wildman–Crippen MR) is 65.0 cm³/mol. The fourth-order valence-electron chi connectivity index (χ4n) is 1.48. The van der Waals surface area contributed by atoms with Gasteiger partial charge in [-0.05, 0) is 19.3 Å². The first-order valence-corrected chi connectivity index (χ1v) is 5.99. The summed E-state index contributed by atoms with van der Waals surface area (Å²) < 4.78 is 4.42. The third kappa shape index (κ3) is 15.9. The molecule has 3 nitrogen and oxygen atoms in total. The molecule has 0 aromatic rings. The third-order valence-electron chi connectivity index (χ3n) is 2.30. The minimum absolute atomic E-state index is 0. The second-order valence-electron chi connectivity index (χ2n) is 3.91. The van der Waals surface area contributed by atoms with Gasteiger partial charge in [0.1, 0.15) is 0 Å². The van der Waals surface area contributed by atoms with Gasteiger partial charge in [0.15, 0.2) is 0 Å². The molecule has 0 N–H and O–H groups in total. The van der Waals surface area contributed by atoms with Crippen molar-refractivity contribution in [3.05, 3.63) is 12.7 Å². The van der Waals surface area contributed by atoms with Gasteiger partial charge in [-0.3, -0.25) is 9.59 Å². The number of carbonyl (C=O) groups excluding carboxylic acids is 2. The molecular formula is C13H23NaO3. The summed E-state index contributed by atoms with van der Waals surface area (Å²) >= 11 is 0. The van der Waals surface area contributed by atoms with E-state index in [0.717, 1.165) is 25.7 Å². The minimum atomic E-state index is -0.519. The fraction of sp³-hybridized carbons (Fsp3) is 0.692. The van der Waals surface area contributed by atoms with Gasteiger partial charge in [-0.15, -0.1) is 6.58 Å². The van der Waals surface area contributed by atoms with E-state index in [2.05, 4.69) is 11.3 Å². The summed E-state index contributed by atoms with van der Waals surface area (Å²) in [5, 5.41) is 0. The normalized spacial score (nSPS) is 9.24. The number of ether oxygens (including phenoxy) is 1. The van der Waals surface area contributed by atoms with Crippen LogP contribution in [0.4, 0.5) is 0 Å². The molecule has 0 atom stereocenters. The maximum atomic E-state index is 11.0. The average Bonchev–Trinajstić information content (AvgIpc) is 2.21. The largest absolute Gasteiger partial charge is 1.00 e. The maximum absolute atomic E-state index is 11.0. The Kier molecular flexibility index (Phi) is 15.8. The van der Waals surface area contributed by atoms with E-state index in [4.69, 9.17) is 0 Å². The van der Waals surface area contributed by atoms with Gasteiger partial charge in [0.05, 0.1) is 0 Å². The molecule has 0 radical (unpaired) electrons. The molecule has 0 unspecified atom stereocenters. The molecule has 0 aliphatic heterocycles. The van der Waals surface area contributed by atoms with E-state index >= 15 is 0 Å². The molecule has 0 saturated heterocycles. The standard InChI is InChI=1S/C13H22O3.Na.H/c1-3-4-5-6-7-8-9-10-11-13(15)16-12(2)14;;/h3H,1,4-11H2,2H3;;/q;+1;-1. The van der Waals surface area contributed by atoms with E-state index in [9.17, 15) is 9.59 Å². The quantitative estimate of drug-likeness (QED) is 0.197. The van der Waals surface area contributed by atoms with Crippen molar-refractivity contribution in [2.24, 2.45) is 0 Å². The molecule has 4 heteroatoms. The molecule has 0 amide bonds. The minimum Gasteiger partial charge on any atom is -1.00 e. The molecule has 0 heterocycles. The first-order chi connectivity index (χ1) is 7.66. The van der Waals surface area contributed by atoms with Crippen molar-refractivity contribution in [2.45, 2.75) is 58.3 Å². The molecule has 0 aliphatic carbocycles. The Morgan fingerprint density at radius 3 is 2.18 bits per heavy atom. The molecule has 0 fully saturated rings. The summed E-state index contributed by atoms with van der Waals surface area (Å²) in [4.78, 5) is 21.4. The summed E-state index contributed by atoms with van der Waals surface area (Å²) in [7, 11) is 0. The van der Waals surface area contributed by atoms with E-state index in [1.165, 1.54) is 26.2 Å². The van der Waals surface area contributed by atoms with Gasteiger partial charge in [-0.1, -0.05) is 31.8 Å². The van der Waals surface area contributed by atoms with Gasteiger partial charge in [0, 0.05) is 13.3 Å². The second-order valence-corrected chi connectivity index (χ2v) is 3.91. The molecule has 0 rings (SSSR count). The molecule has 0 saturated carbocycles. The van der Waals surface area contributed by atoms with E-state index in [-0.39, 0.29) is 31.0 Å². The van der Waals surface area contributed by atoms with Crippen LogP contribution in [-0.2, 0) is 14.3 Å². The summed E-state index contributed by atoms with van der Waals surface area (Å²) in [6.45, 7) is 4.92. The van der Waals surface area contributed by atoms with Crippen LogP contribution >= 0.6 is 0 Å². The van der Waals surface area contributed by atoms with E-state index in [0.29, 0.717) is 6.42 Å². The number of carbonyl (C=O) groups is 2. The van der Waals surface area contributed by atoms with Gasteiger partial charge in [0.2, 0.25) is 0 Å². The molecule has 94 valence electrons. The summed E-state index contributed by atoms with van der Waals surface area (Å²) in [6.07, 6.45) is 10.0. The zero-order valence-electron chi connectivity index (χ0n) is 12.2. The van der Waals surface area contributed by atoms with Crippen LogP contribution in [0.3, 0.4) is 0 Å². The first kappa shape index (κ1) is 19.2. The maximum Gasteiger partial charge on any atom is 1.00 e. The molecule has 0 bridgehead atoms. The van der Waals surface area contributed by atoms with E-state index < -0.39 is 11.9 Å². The van der Waals surface area contributed by atoms with Crippen LogP contribution in [-0.4, -0.2) is 11.9 Å². The van der Waals surface area contributed by atoms with Crippen molar-refractivity contribution in [3.63, 3.8) is 0 Å². The Bertz CT molecular complexity index is 232. The Morgan fingerprint density at radius 2 is 1.65 bits per heavy atom. The van der Waals surface area contributed by atoms with Crippen LogP contribution in [0.5, 0.6) is 0 Å². The van der Waals surface area contributed by atoms with Gasteiger partial charge in [-0.2, -0.15) is 0 Å². The van der Waals surface area contributed by atoms with Crippen LogP contribution in [0.1, 0.15) is 59.7 Å². The van der Waals surface area contributed by atoms with Crippen molar-refractivity contribution >= 4 is 11.9 Å². The van der Waals surface area contributed by atoms with E-state index in [1.54, 1.807) is 0 Å². The van der Waals surface area contributed by atoms with Gasteiger partial charge < -0.3 is 6.16 Å². The summed E-state index contributed by atoms with van der Waals surface area (Å²) in [5.41, 5.74) is 0. The molecule has 0 aliphatic rings. The van der Waals surface area contributed by atoms with Crippen LogP contribution in [0.25, 0.3) is 0 Å². The SMILES string of the molecule is C=CCCCCCCCCC(=O)OC(C)=O.[H-].[Na+]. The number of allylic oxidation sites excluding steroid dienone is 1. The first-order valence-electron chi connectivity index (χ1n) is 5.99. The Hall–Kier alpha value is -0.120. The van der Waals surface area contributed by atoms with Crippen molar-refractivity contribution < 1.29 is 45.3 Å². The Morgan fingerprint density at radius 1 is 1.12 bits per heavy atom. The number of rotatable bonds is 9. The third-order valence-corrected chi connectivity index (χ3v) is 2.30. The van der Waals surface area contributed by atoms with Gasteiger partial charge in [0.25, 0.3) is 0 Å². The van der Waals surface area contributed by atoms with Crippen LogP contribution in [0.2, 0.25) is 0 Å². The van der Waals surface area contributed by atoms with Crippen LogP contribution < -0.4 is 29.6 Å². The smallest absolute Gasteiger partial charge is 1.00 e. The van der Waals surface area contributed by atoms with Gasteiger partial charge in [-0.25, -0.2) is 0 Å². The van der Waals surface area contributed by atoms with Crippen LogP contribution in [0.15, 0.2) is 12.7 Å². The predicted octanol–water partition coefficient (Wildman–Crippen LogP) is 0.499. The van der Waals surface area contributed by atoms with Crippen molar-refractivity contribution in [1.29, 1.82) is 0 Å². The van der Waals surface area contributed by atoms with Crippen molar-refractivity contribution in [1.82, 2.24) is 0 Å². The number of esters is 2. The Balaban J connectivity index is -0.00000112. The molecule has 17 heavy (non-hydrogen) atoms. The van der Waals surface area contributed by atoms with E-state index in [1.807, 2.05) is 6.08 Å². The zero-order valence-corrected chi connectivity index (χ0v) is 13.2. The molecular weight excluding hydrogens is 227 g/mol. The summed E-state index contributed by atoms with van der Waals surface area (Å²) in [6, 6.07) is 0. The van der Waals surface area contributed by atoms with Crippen molar-refractivity contribution in [2.75, 3.05) is 0 Å². The number of unbranched alkanes of at least 4 members (excludes halogenated alkanes) is 6. The number of hydrogen-bond donors (Lipinski definition) is 0. The van der Waals surface area contributed by atoms with Crippen molar-refractivity contribution in [3.8, 4) is 0 Å². The fourth-order valence-corrected chi connectivity index (χ4v) is 1.48. The second kappa shape index (κ2) is 13.9. The van der Waals surface area contributed by atoms with Crippen LogP contribution in [0, 0.1) is 0 Å². The monoisotopic (exact) mass is 250 g/mol. The Labute approximate surface area is 128 Å². The molecule has 0 aromatic carbocycles. The topological polar surface area (TPSA) is 43.4 Å². The average molecular weight is 250 g/mol. The summed E-state index contributed by atoms with van der Waals surface area (Å²) in [5.74, 6) is -0.923. The number of hydrogen-bond acceptors (Lipinski definition) is 3. The molecule has 0 spiro atoms. The molecule has 0 aromatic heterocycles.